The number of aliphatic hydroxyl groups is 3. The van der Waals surface area contributed by atoms with Gasteiger partial charge in [-0.1, -0.05) is 145 Å². The maximum Gasteiger partial charge on any atom is 0.397 e. The molecule has 0 radical (unpaired) electrons. The Hall–Kier alpha value is -2.20. The van der Waals surface area contributed by atoms with Crippen molar-refractivity contribution in [3.8, 4) is 0 Å². The van der Waals surface area contributed by atoms with Gasteiger partial charge in [0.25, 0.3) is 0 Å². The van der Waals surface area contributed by atoms with Gasteiger partial charge >= 0.3 is 16.4 Å². The number of esters is 1. The summed E-state index contributed by atoms with van der Waals surface area (Å²) in [6.07, 6.45) is 34.2. The van der Waals surface area contributed by atoms with E-state index in [9.17, 15) is 28.5 Å². The molecule has 6 unspecified atom stereocenters. The SMILES string of the molecule is CC/C=C\C/C=C\C/C=C\C/C=C\C/C=C\CCCCCCCCCC(=O)OC(COCCCCCCCCC)COC1OC(CO)C(O)C(OS(=O)(=O)O)C1O. The van der Waals surface area contributed by atoms with Gasteiger partial charge in [-0.25, -0.2) is 4.18 Å². The number of ether oxygens (including phenoxy) is 4. The highest BCUT2D eigenvalue weighted by atomic mass is 32.3. The van der Waals surface area contributed by atoms with E-state index in [0.29, 0.717) is 13.0 Å². The Labute approximate surface area is 344 Å². The van der Waals surface area contributed by atoms with Gasteiger partial charge in [-0.15, -0.1) is 0 Å². The second-order valence-corrected chi connectivity index (χ2v) is 15.6. The molecule has 0 aromatic carbocycles. The standard InChI is InChI=1S/C44H76O12S/c1-3-5-7-9-11-12-13-14-15-16-17-18-19-20-21-22-23-24-25-26-27-29-31-33-40(46)54-38(36-52-34-32-30-28-10-8-6-4-2)37-53-44-42(48)43(56-57(49,50)51)41(47)39(35-45)55-44/h5,7,11-12,14-15,17-18,20-21,38-39,41-45,47-48H,3-4,6,8-10,13,16,19,22-37H2,1-2H3,(H,49,50,51)/b7-5-,12-11-,15-14-,18-17-,21-20-. The number of carbonyl (C=O) groups excluding carboxylic acids is 1. The summed E-state index contributed by atoms with van der Waals surface area (Å²) >= 11 is 0. The first-order valence-corrected chi connectivity index (χ1v) is 22.9. The van der Waals surface area contributed by atoms with E-state index in [4.69, 9.17) is 23.5 Å². The number of rotatable bonds is 36. The molecule has 0 saturated carbocycles. The van der Waals surface area contributed by atoms with Crippen molar-refractivity contribution in [1.29, 1.82) is 0 Å². The molecule has 1 saturated heterocycles. The molecule has 0 bridgehead atoms. The predicted octanol–water partition coefficient (Wildman–Crippen LogP) is 8.57. The molecule has 6 atom stereocenters. The fourth-order valence-electron chi connectivity index (χ4n) is 6.17. The lowest BCUT2D eigenvalue weighted by molar-refractivity contribution is -0.301. The van der Waals surface area contributed by atoms with E-state index >= 15 is 0 Å². The molecule has 13 heteroatoms. The molecular weight excluding hydrogens is 753 g/mol. The van der Waals surface area contributed by atoms with Gasteiger partial charge in [0.2, 0.25) is 0 Å². The van der Waals surface area contributed by atoms with Crippen LogP contribution >= 0.6 is 0 Å². The summed E-state index contributed by atoms with van der Waals surface area (Å²) in [5.74, 6) is -0.415. The third kappa shape index (κ3) is 29.6. The van der Waals surface area contributed by atoms with Gasteiger partial charge in [0, 0.05) is 13.0 Å². The topological polar surface area (TPSA) is 178 Å². The van der Waals surface area contributed by atoms with Gasteiger partial charge in [0.1, 0.15) is 30.5 Å². The molecule has 1 fully saturated rings. The molecule has 12 nitrogen and oxygen atoms in total. The van der Waals surface area contributed by atoms with E-state index in [2.05, 4.69) is 78.8 Å². The van der Waals surface area contributed by atoms with Crippen LogP contribution in [0, 0.1) is 0 Å². The zero-order valence-corrected chi connectivity index (χ0v) is 35.7. The highest BCUT2D eigenvalue weighted by molar-refractivity contribution is 7.80. The van der Waals surface area contributed by atoms with Crippen molar-refractivity contribution < 1.29 is 56.2 Å². The number of hydrogen-bond acceptors (Lipinski definition) is 11. The lowest BCUT2D eigenvalue weighted by Crippen LogP contribution is -2.60. The Balaban J connectivity index is 2.35. The monoisotopic (exact) mass is 829 g/mol. The van der Waals surface area contributed by atoms with Gasteiger partial charge in [0.15, 0.2) is 6.29 Å². The highest BCUT2D eigenvalue weighted by Crippen LogP contribution is 2.26. The summed E-state index contributed by atoms with van der Waals surface area (Å²) in [7, 11) is -5.06. The number of unbranched alkanes of at least 4 members (excludes halogenated alkanes) is 13. The summed E-state index contributed by atoms with van der Waals surface area (Å²) in [5, 5.41) is 30.5. The van der Waals surface area contributed by atoms with E-state index < -0.39 is 59.8 Å². The smallest absolute Gasteiger partial charge is 0.397 e. The summed E-state index contributed by atoms with van der Waals surface area (Å²) in [4.78, 5) is 12.8. The normalized spacial score (nSPS) is 21.3. The Morgan fingerprint density at radius 2 is 1.21 bits per heavy atom. The molecule has 0 aromatic heterocycles. The van der Waals surface area contributed by atoms with E-state index in [1.54, 1.807) is 0 Å². The van der Waals surface area contributed by atoms with E-state index in [0.717, 1.165) is 83.5 Å². The Morgan fingerprint density at radius 3 is 1.77 bits per heavy atom. The largest absolute Gasteiger partial charge is 0.457 e. The van der Waals surface area contributed by atoms with Crippen molar-refractivity contribution in [3.05, 3.63) is 60.8 Å². The van der Waals surface area contributed by atoms with Crippen LogP contribution in [0.1, 0.15) is 149 Å². The van der Waals surface area contributed by atoms with E-state index in [-0.39, 0.29) is 19.6 Å². The van der Waals surface area contributed by atoms with Gasteiger partial charge < -0.3 is 34.3 Å². The minimum Gasteiger partial charge on any atom is -0.457 e. The first-order valence-electron chi connectivity index (χ1n) is 21.5. The molecule has 1 heterocycles. The molecular formula is C44H76O12S. The second kappa shape index (κ2) is 35.7. The van der Waals surface area contributed by atoms with Crippen molar-refractivity contribution in [2.24, 2.45) is 0 Å². The maximum absolute atomic E-state index is 12.8. The fraction of sp³-hybridized carbons (Fsp3) is 0.750. The van der Waals surface area contributed by atoms with Crippen LogP contribution in [0.2, 0.25) is 0 Å². The Bertz CT molecular complexity index is 1230. The third-order valence-corrected chi connectivity index (χ3v) is 9.87. The summed E-state index contributed by atoms with van der Waals surface area (Å²) < 4.78 is 58.7. The van der Waals surface area contributed by atoms with Crippen molar-refractivity contribution in [2.75, 3.05) is 26.4 Å². The van der Waals surface area contributed by atoms with Crippen LogP contribution in [0.3, 0.4) is 0 Å². The number of carbonyl (C=O) groups is 1. The van der Waals surface area contributed by atoms with E-state index in [1.807, 2.05) is 0 Å². The molecule has 0 aromatic rings. The average molecular weight is 829 g/mol. The molecule has 4 N–H and O–H groups in total. The lowest BCUT2D eigenvalue weighted by Gasteiger charge is -2.41. The summed E-state index contributed by atoms with van der Waals surface area (Å²) in [5.41, 5.74) is 0. The zero-order valence-electron chi connectivity index (χ0n) is 34.9. The second-order valence-electron chi connectivity index (χ2n) is 14.6. The van der Waals surface area contributed by atoms with Crippen LogP contribution < -0.4 is 0 Å². The van der Waals surface area contributed by atoms with Gasteiger partial charge in [0.05, 0.1) is 19.8 Å². The number of allylic oxidation sites excluding steroid dienone is 10. The number of aliphatic hydroxyl groups excluding tert-OH is 3. The molecule has 1 rings (SSSR count). The quantitative estimate of drug-likeness (QED) is 0.0205. The lowest BCUT2D eigenvalue weighted by atomic mass is 9.99. The first-order chi connectivity index (χ1) is 27.6. The maximum atomic E-state index is 12.8. The molecule has 57 heavy (non-hydrogen) atoms. The fourth-order valence-corrected chi connectivity index (χ4v) is 6.68. The van der Waals surface area contributed by atoms with Crippen LogP contribution in [-0.4, -0.2) is 97.5 Å². The number of hydrogen-bond donors (Lipinski definition) is 4. The van der Waals surface area contributed by atoms with Gasteiger partial charge in [-0.2, -0.15) is 8.42 Å². The van der Waals surface area contributed by atoms with Crippen LogP contribution in [0.25, 0.3) is 0 Å². The minimum absolute atomic E-state index is 0.0288. The van der Waals surface area contributed by atoms with E-state index in [1.165, 1.54) is 38.5 Å². The average Bonchev–Trinajstić information content (AvgIpc) is 3.18. The van der Waals surface area contributed by atoms with Crippen molar-refractivity contribution in [2.45, 2.75) is 185 Å². The third-order valence-electron chi connectivity index (χ3n) is 9.40. The molecule has 0 amide bonds. The Kier molecular flexibility index (Phi) is 33.1. The minimum atomic E-state index is -5.06. The predicted molar refractivity (Wildman–Crippen MR) is 225 cm³/mol. The van der Waals surface area contributed by atoms with Crippen molar-refractivity contribution in [3.63, 3.8) is 0 Å². The summed E-state index contributed by atoms with van der Waals surface area (Å²) in [6, 6.07) is 0. The Morgan fingerprint density at radius 1 is 0.684 bits per heavy atom. The highest BCUT2D eigenvalue weighted by Gasteiger charge is 2.48. The molecule has 1 aliphatic rings. The summed E-state index contributed by atoms with van der Waals surface area (Å²) in [6.45, 7) is 3.80. The first kappa shape index (κ1) is 52.8. The molecule has 0 aliphatic carbocycles. The molecule has 330 valence electrons. The van der Waals surface area contributed by atoms with Crippen LogP contribution in [0.5, 0.6) is 0 Å². The van der Waals surface area contributed by atoms with Crippen molar-refractivity contribution >= 4 is 16.4 Å². The zero-order chi connectivity index (χ0) is 41.8. The van der Waals surface area contributed by atoms with Gasteiger partial charge in [-0.05, 0) is 57.8 Å². The molecule has 1 aliphatic heterocycles. The van der Waals surface area contributed by atoms with Gasteiger partial charge in [-0.3, -0.25) is 9.35 Å². The van der Waals surface area contributed by atoms with Crippen molar-refractivity contribution in [1.82, 2.24) is 0 Å². The van der Waals surface area contributed by atoms with Crippen LogP contribution in [0.15, 0.2) is 60.8 Å². The van der Waals surface area contributed by atoms with Crippen LogP contribution in [-0.2, 0) is 38.3 Å². The molecule has 0 spiro atoms. The van der Waals surface area contributed by atoms with Crippen LogP contribution in [0.4, 0.5) is 0 Å².